The fourth-order valence-electron chi connectivity index (χ4n) is 3.61. The van der Waals surface area contributed by atoms with Gasteiger partial charge in [0.15, 0.2) is 0 Å². The second-order valence-electron chi connectivity index (χ2n) is 7.42. The summed E-state index contributed by atoms with van der Waals surface area (Å²) in [6.07, 6.45) is 1.23. The molecule has 7 heteroatoms. The van der Waals surface area contributed by atoms with E-state index in [1.54, 1.807) is 12.1 Å². The molecule has 2 aromatic rings. The van der Waals surface area contributed by atoms with E-state index in [2.05, 4.69) is 42.3 Å². The van der Waals surface area contributed by atoms with Crippen LogP contribution in [0.3, 0.4) is 0 Å². The zero-order valence-corrected chi connectivity index (χ0v) is 17.1. The number of non-ortho nitro benzene ring substituents is 1. The lowest BCUT2D eigenvalue weighted by Gasteiger charge is -2.37. The van der Waals surface area contributed by atoms with Gasteiger partial charge in [-0.2, -0.15) is 0 Å². The van der Waals surface area contributed by atoms with E-state index in [0.717, 1.165) is 38.3 Å². The predicted molar refractivity (Wildman–Crippen MR) is 116 cm³/mol. The van der Waals surface area contributed by atoms with E-state index in [-0.39, 0.29) is 11.6 Å². The molecule has 3 rings (SSSR count). The average Bonchev–Trinajstić information content (AvgIpc) is 2.73. The molecule has 0 unspecified atom stereocenters. The van der Waals surface area contributed by atoms with Gasteiger partial charge in [0.05, 0.1) is 4.92 Å². The number of hydrogen-bond donors (Lipinski definition) is 1. The van der Waals surface area contributed by atoms with Crippen molar-refractivity contribution in [3.8, 4) is 0 Å². The maximum atomic E-state index is 12.5. The second kappa shape index (κ2) is 9.41. The fraction of sp³-hybridized carbons (Fsp3) is 0.409. The molecular weight excluding hydrogens is 368 g/mol. The number of nitrogens with one attached hydrogen (secondary N) is 1. The lowest BCUT2D eigenvalue weighted by Crippen LogP contribution is -2.49. The zero-order valence-electron chi connectivity index (χ0n) is 17.1. The minimum absolute atomic E-state index is 0.0747. The topological polar surface area (TPSA) is 78.7 Å². The van der Waals surface area contributed by atoms with Crippen molar-refractivity contribution < 1.29 is 9.72 Å². The van der Waals surface area contributed by atoms with Crippen LogP contribution < -0.4 is 10.2 Å². The second-order valence-corrected chi connectivity index (χ2v) is 7.42. The van der Waals surface area contributed by atoms with Gasteiger partial charge in [-0.25, -0.2) is 0 Å². The number of nitro groups is 1. The summed E-state index contributed by atoms with van der Waals surface area (Å²) in [6, 6.07) is 12.7. The van der Waals surface area contributed by atoms with Crippen molar-refractivity contribution in [3.63, 3.8) is 0 Å². The average molecular weight is 396 g/mol. The van der Waals surface area contributed by atoms with Gasteiger partial charge in [-0.3, -0.25) is 14.9 Å². The largest absolute Gasteiger partial charge is 0.385 e. The summed E-state index contributed by atoms with van der Waals surface area (Å²) >= 11 is 0. The number of benzene rings is 2. The molecule has 0 aliphatic carbocycles. The summed E-state index contributed by atoms with van der Waals surface area (Å²) in [4.78, 5) is 27.1. The lowest BCUT2D eigenvalue weighted by atomic mass is 10.1. The van der Waals surface area contributed by atoms with Crippen LogP contribution in [0, 0.1) is 24.0 Å². The third-order valence-electron chi connectivity index (χ3n) is 5.52. The molecule has 1 aliphatic rings. The highest BCUT2D eigenvalue weighted by Gasteiger charge is 2.21. The summed E-state index contributed by atoms with van der Waals surface area (Å²) < 4.78 is 0. The van der Waals surface area contributed by atoms with Gasteiger partial charge in [0, 0.05) is 62.7 Å². The predicted octanol–water partition coefficient (Wildman–Crippen LogP) is 3.75. The molecule has 1 aliphatic heterocycles. The Balaban J connectivity index is 1.39. The number of aryl methyl sites for hydroxylation is 1. The van der Waals surface area contributed by atoms with Gasteiger partial charge in [-0.1, -0.05) is 12.1 Å². The molecule has 0 bridgehead atoms. The van der Waals surface area contributed by atoms with Crippen LogP contribution in [0.15, 0.2) is 42.5 Å². The minimum Gasteiger partial charge on any atom is -0.385 e. The lowest BCUT2D eigenvalue weighted by molar-refractivity contribution is -0.384. The quantitative estimate of drug-likeness (QED) is 0.438. The number of piperazine rings is 1. The van der Waals surface area contributed by atoms with Gasteiger partial charge in [0.2, 0.25) is 5.91 Å². The Bertz CT molecular complexity index is 859. The van der Waals surface area contributed by atoms with E-state index in [4.69, 9.17) is 0 Å². The molecule has 7 nitrogen and oxygen atoms in total. The Kier molecular flexibility index (Phi) is 6.69. The van der Waals surface area contributed by atoms with Crippen LogP contribution >= 0.6 is 0 Å². The van der Waals surface area contributed by atoms with Crippen LogP contribution in [0.25, 0.3) is 0 Å². The van der Waals surface area contributed by atoms with Gasteiger partial charge in [-0.15, -0.1) is 0 Å². The van der Waals surface area contributed by atoms with E-state index in [1.807, 2.05) is 4.90 Å². The molecule has 0 radical (unpaired) electrons. The van der Waals surface area contributed by atoms with Gasteiger partial charge in [0.25, 0.3) is 5.69 Å². The summed E-state index contributed by atoms with van der Waals surface area (Å²) in [5.74, 6) is 0.191. The van der Waals surface area contributed by atoms with Crippen LogP contribution in [0.1, 0.15) is 24.0 Å². The first-order valence-electron chi connectivity index (χ1n) is 10.0. The van der Waals surface area contributed by atoms with Crippen molar-refractivity contribution in [2.45, 2.75) is 26.7 Å². The third kappa shape index (κ3) is 5.25. The standard InChI is InChI=1S/C22H28N4O3/c1-17-5-3-6-21(18(17)2)24-13-15-25(16-14-24)22(27)7-4-12-23-19-8-10-20(11-9-19)26(28)29/h3,5-6,8-11,23H,4,7,12-16H2,1-2H3. The molecule has 1 amide bonds. The van der Waals surface area contributed by atoms with Crippen LogP contribution in [0.4, 0.5) is 17.1 Å². The number of amides is 1. The molecule has 1 N–H and O–H groups in total. The minimum atomic E-state index is -0.414. The molecule has 0 atom stereocenters. The van der Waals surface area contributed by atoms with E-state index >= 15 is 0 Å². The zero-order chi connectivity index (χ0) is 20.8. The summed E-state index contributed by atoms with van der Waals surface area (Å²) in [7, 11) is 0. The first-order valence-corrected chi connectivity index (χ1v) is 10.0. The van der Waals surface area contributed by atoms with Crippen LogP contribution in [-0.2, 0) is 4.79 Å². The number of nitro benzene ring substituents is 1. The Morgan fingerprint density at radius 3 is 2.41 bits per heavy atom. The number of hydrogen-bond acceptors (Lipinski definition) is 5. The molecule has 1 saturated heterocycles. The van der Waals surface area contributed by atoms with E-state index in [0.29, 0.717) is 13.0 Å². The van der Waals surface area contributed by atoms with Crippen molar-refractivity contribution in [2.75, 3.05) is 42.9 Å². The highest BCUT2D eigenvalue weighted by atomic mass is 16.6. The number of carbonyl (C=O) groups excluding carboxylic acids is 1. The number of nitrogens with zero attached hydrogens (tertiary/aromatic N) is 3. The molecule has 0 saturated carbocycles. The highest BCUT2D eigenvalue weighted by Crippen LogP contribution is 2.24. The van der Waals surface area contributed by atoms with Crippen LogP contribution in [0.5, 0.6) is 0 Å². The van der Waals surface area contributed by atoms with Crippen molar-refractivity contribution in [1.29, 1.82) is 0 Å². The summed E-state index contributed by atoms with van der Waals surface area (Å²) in [6.45, 7) is 8.16. The van der Waals surface area contributed by atoms with Gasteiger partial charge in [-0.05, 0) is 49.6 Å². The van der Waals surface area contributed by atoms with Crippen molar-refractivity contribution in [1.82, 2.24) is 4.90 Å². The maximum Gasteiger partial charge on any atom is 0.269 e. The molecule has 1 fully saturated rings. The van der Waals surface area contributed by atoms with Gasteiger partial charge >= 0.3 is 0 Å². The summed E-state index contributed by atoms with van der Waals surface area (Å²) in [5, 5.41) is 13.9. The SMILES string of the molecule is Cc1cccc(N2CCN(C(=O)CCCNc3ccc([N+](=O)[O-])cc3)CC2)c1C. The van der Waals surface area contributed by atoms with Gasteiger partial charge < -0.3 is 15.1 Å². The first kappa shape index (κ1) is 20.6. The highest BCUT2D eigenvalue weighted by molar-refractivity contribution is 5.76. The number of rotatable bonds is 7. The number of anilines is 2. The maximum absolute atomic E-state index is 12.5. The normalized spacial score (nSPS) is 14.0. The first-order chi connectivity index (χ1) is 14.0. The third-order valence-corrected chi connectivity index (χ3v) is 5.52. The Labute approximate surface area is 171 Å². The van der Waals surface area contributed by atoms with Crippen LogP contribution in [-0.4, -0.2) is 48.5 Å². The molecule has 154 valence electrons. The van der Waals surface area contributed by atoms with Crippen molar-refractivity contribution in [3.05, 3.63) is 63.7 Å². The summed E-state index contributed by atoms with van der Waals surface area (Å²) in [5.41, 5.74) is 4.77. The molecule has 0 aromatic heterocycles. The molecule has 29 heavy (non-hydrogen) atoms. The van der Waals surface area contributed by atoms with Crippen molar-refractivity contribution in [2.24, 2.45) is 0 Å². The van der Waals surface area contributed by atoms with Crippen LogP contribution in [0.2, 0.25) is 0 Å². The Hall–Kier alpha value is -3.09. The van der Waals surface area contributed by atoms with E-state index < -0.39 is 4.92 Å². The molecular formula is C22H28N4O3. The fourth-order valence-corrected chi connectivity index (χ4v) is 3.61. The number of carbonyl (C=O) groups is 1. The molecule has 2 aromatic carbocycles. The van der Waals surface area contributed by atoms with E-state index in [1.165, 1.54) is 28.9 Å². The van der Waals surface area contributed by atoms with E-state index in [9.17, 15) is 14.9 Å². The Morgan fingerprint density at radius 2 is 1.76 bits per heavy atom. The van der Waals surface area contributed by atoms with Crippen molar-refractivity contribution >= 4 is 23.0 Å². The Morgan fingerprint density at radius 1 is 1.07 bits per heavy atom. The van der Waals surface area contributed by atoms with Gasteiger partial charge in [0.1, 0.15) is 0 Å². The smallest absolute Gasteiger partial charge is 0.269 e. The molecule has 0 spiro atoms. The monoisotopic (exact) mass is 396 g/mol. The molecule has 1 heterocycles.